The highest BCUT2D eigenvalue weighted by atomic mass is 32.2. The molecule has 7 heteroatoms. The van der Waals surface area contributed by atoms with E-state index in [1.165, 1.54) is 18.1 Å². The van der Waals surface area contributed by atoms with E-state index < -0.39 is 12.8 Å². The van der Waals surface area contributed by atoms with E-state index >= 15 is 0 Å². The molecule has 0 atom stereocenters. The van der Waals surface area contributed by atoms with Crippen molar-refractivity contribution in [1.29, 1.82) is 0 Å². The molecular weight excluding hydrogens is 269 g/mol. The first-order valence-corrected chi connectivity index (χ1v) is 6.25. The molecule has 0 fully saturated rings. The van der Waals surface area contributed by atoms with Crippen LogP contribution in [0, 0.1) is 0 Å². The van der Waals surface area contributed by atoms with Crippen molar-refractivity contribution in [3.8, 4) is 11.5 Å². The Hall–Kier alpha value is -1.08. The van der Waals surface area contributed by atoms with E-state index in [2.05, 4.69) is 4.74 Å². The summed E-state index contributed by atoms with van der Waals surface area (Å²) in [5.41, 5.74) is 0. The van der Waals surface area contributed by atoms with Crippen LogP contribution < -0.4 is 9.47 Å². The van der Waals surface area contributed by atoms with Gasteiger partial charge < -0.3 is 13.7 Å². The lowest BCUT2D eigenvalue weighted by molar-refractivity contribution is -0.153. The van der Waals surface area contributed by atoms with Crippen LogP contribution in [-0.2, 0) is 4.18 Å². The number of para-hydroxylation sites is 2. The molecule has 1 aromatic carbocycles. The van der Waals surface area contributed by atoms with Crippen molar-refractivity contribution < 1.29 is 26.8 Å². The van der Waals surface area contributed by atoms with Gasteiger partial charge in [0, 0.05) is 6.26 Å². The molecule has 0 aliphatic rings. The maximum absolute atomic E-state index is 12.0. The fourth-order valence-electron chi connectivity index (χ4n) is 1.12. The van der Waals surface area contributed by atoms with Crippen LogP contribution in [0.2, 0.25) is 0 Å². The molecule has 0 radical (unpaired) electrons. The zero-order valence-corrected chi connectivity index (χ0v) is 10.5. The first-order chi connectivity index (χ1) is 8.53. The molecule has 1 aromatic rings. The van der Waals surface area contributed by atoms with Crippen LogP contribution in [0.15, 0.2) is 24.3 Å². The number of ether oxygens (including phenoxy) is 2. The Morgan fingerprint density at radius 1 is 1.06 bits per heavy atom. The third-order valence-electron chi connectivity index (χ3n) is 1.78. The highest BCUT2D eigenvalue weighted by Crippen LogP contribution is 2.28. The molecule has 0 saturated heterocycles. The number of hydrogen-bond acceptors (Lipinski definition) is 4. The van der Waals surface area contributed by atoms with Crippen molar-refractivity contribution in [2.45, 2.75) is 6.18 Å². The zero-order chi connectivity index (χ0) is 13.4. The van der Waals surface area contributed by atoms with Gasteiger partial charge in [0.2, 0.25) is 0 Å². The number of rotatable bonds is 7. The lowest BCUT2D eigenvalue weighted by Crippen LogP contribution is -2.19. The van der Waals surface area contributed by atoms with Gasteiger partial charge in [-0.3, -0.25) is 0 Å². The van der Waals surface area contributed by atoms with E-state index in [0.29, 0.717) is 6.61 Å². The van der Waals surface area contributed by atoms with E-state index in [-0.39, 0.29) is 18.1 Å². The number of benzene rings is 1. The average molecular weight is 282 g/mol. The minimum atomic E-state index is -4.37. The Morgan fingerprint density at radius 2 is 1.67 bits per heavy atom. The third kappa shape index (κ3) is 6.02. The van der Waals surface area contributed by atoms with Crippen LogP contribution in [0.3, 0.4) is 0 Å². The lowest BCUT2D eigenvalue weighted by atomic mass is 10.3. The predicted molar refractivity (Wildman–Crippen MR) is 63.0 cm³/mol. The molecule has 3 nitrogen and oxygen atoms in total. The van der Waals surface area contributed by atoms with Gasteiger partial charge in [-0.15, -0.1) is 0 Å². The van der Waals surface area contributed by atoms with Crippen LogP contribution >= 0.6 is 12.0 Å². The Bertz CT molecular complexity index is 358. The predicted octanol–water partition coefficient (Wildman–Crippen LogP) is 3.30. The van der Waals surface area contributed by atoms with Crippen molar-refractivity contribution in [2.75, 3.05) is 26.1 Å². The maximum atomic E-state index is 12.0. The highest BCUT2D eigenvalue weighted by molar-refractivity contribution is 7.93. The molecule has 0 bridgehead atoms. The summed E-state index contributed by atoms with van der Waals surface area (Å²) in [6.45, 7) is -0.753. The van der Waals surface area contributed by atoms with Crippen molar-refractivity contribution in [3.05, 3.63) is 24.3 Å². The molecule has 0 N–H and O–H groups in total. The molecule has 0 unspecified atom stereocenters. The van der Waals surface area contributed by atoms with Gasteiger partial charge in [0.25, 0.3) is 0 Å². The zero-order valence-electron chi connectivity index (χ0n) is 9.70. The molecular formula is C11H13F3O3S. The number of hydrogen-bond donors (Lipinski definition) is 0. The Labute approximate surface area is 107 Å². The Balaban J connectivity index is 2.51. The molecule has 0 aliphatic carbocycles. The molecule has 0 heterocycles. The van der Waals surface area contributed by atoms with Gasteiger partial charge in [0.15, 0.2) is 18.1 Å². The summed E-state index contributed by atoms with van der Waals surface area (Å²) in [4.78, 5) is 0. The van der Waals surface area contributed by atoms with Gasteiger partial charge in [-0.05, 0) is 24.2 Å². The molecule has 102 valence electrons. The Morgan fingerprint density at radius 3 is 2.22 bits per heavy atom. The van der Waals surface area contributed by atoms with E-state index in [0.717, 1.165) is 0 Å². The van der Waals surface area contributed by atoms with E-state index in [9.17, 15) is 13.2 Å². The van der Waals surface area contributed by atoms with E-state index in [4.69, 9.17) is 8.92 Å². The minimum absolute atomic E-state index is 0.0685. The highest BCUT2D eigenvalue weighted by Gasteiger charge is 2.28. The summed E-state index contributed by atoms with van der Waals surface area (Å²) >= 11 is 1.19. The van der Waals surface area contributed by atoms with Crippen LogP contribution in [0.1, 0.15) is 0 Å². The van der Waals surface area contributed by atoms with Crippen LogP contribution in [0.25, 0.3) is 0 Å². The van der Waals surface area contributed by atoms with Gasteiger partial charge in [-0.1, -0.05) is 12.1 Å². The lowest BCUT2D eigenvalue weighted by Gasteiger charge is -2.13. The standard InChI is InChI=1S/C11H13F3O3S/c1-18-17-7-6-15-9-4-2-3-5-10(9)16-8-11(12,13)14/h2-5H,6-8H2,1H3. The van der Waals surface area contributed by atoms with Crippen molar-refractivity contribution >= 4 is 12.0 Å². The third-order valence-corrected chi connectivity index (χ3v) is 2.18. The summed E-state index contributed by atoms with van der Waals surface area (Å²) in [5.74, 6) is 0.338. The van der Waals surface area contributed by atoms with Crippen molar-refractivity contribution in [2.24, 2.45) is 0 Å². The molecule has 0 spiro atoms. The fourth-order valence-corrected chi connectivity index (χ4v) is 1.35. The van der Waals surface area contributed by atoms with Crippen molar-refractivity contribution in [3.63, 3.8) is 0 Å². The monoisotopic (exact) mass is 282 g/mol. The first-order valence-electron chi connectivity index (χ1n) is 5.10. The van der Waals surface area contributed by atoms with E-state index in [1.54, 1.807) is 24.5 Å². The smallest absolute Gasteiger partial charge is 0.422 e. The van der Waals surface area contributed by atoms with Gasteiger partial charge in [0.1, 0.15) is 6.61 Å². The summed E-state index contributed by atoms with van der Waals surface area (Å²) in [7, 11) is 0. The second-order valence-electron chi connectivity index (χ2n) is 3.19. The normalized spacial score (nSPS) is 11.3. The van der Waals surface area contributed by atoms with Gasteiger partial charge in [-0.2, -0.15) is 13.2 Å². The molecule has 0 saturated carbocycles. The largest absolute Gasteiger partial charge is 0.487 e. The molecule has 0 aliphatic heterocycles. The van der Waals surface area contributed by atoms with E-state index in [1.807, 2.05) is 0 Å². The maximum Gasteiger partial charge on any atom is 0.422 e. The van der Waals surface area contributed by atoms with Gasteiger partial charge in [-0.25, -0.2) is 0 Å². The summed E-state index contributed by atoms with van der Waals surface area (Å²) in [5, 5.41) is 0. The van der Waals surface area contributed by atoms with Crippen LogP contribution in [0.4, 0.5) is 13.2 Å². The molecule has 0 amide bonds. The second-order valence-corrected chi connectivity index (χ2v) is 3.76. The minimum Gasteiger partial charge on any atom is -0.487 e. The topological polar surface area (TPSA) is 27.7 Å². The number of alkyl halides is 3. The fraction of sp³-hybridized carbons (Fsp3) is 0.455. The summed E-state index contributed by atoms with van der Waals surface area (Å²) < 4.78 is 51.0. The van der Waals surface area contributed by atoms with Gasteiger partial charge in [0.05, 0.1) is 6.61 Å². The van der Waals surface area contributed by atoms with Crippen molar-refractivity contribution in [1.82, 2.24) is 0 Å². The Kier molecular flexibility index (Phi) is 6.14. The van der Waals surface area contributed by atoms with Gasteiger partial charge >= 0.3 is 6.18 Å². The molecule has 18 heavy (non-hydrogen) atoms. The second kappa shape index (κ2) is 7.38. The van der Waals surface area contributed by atoms with Crippen LogP contribution in [0.5, 0.6) is 11.5 Å². The summed E-state index contributed by atoms with van der Waals surface area (Å²) in [6.07, 6.45) is -2.60. The average Bonchev–Trinajstić information content (AvgIpc) is 2.32. The first kappa shape index (κ1) is 15.0. The summed E-state index contributed by atoms with van der Waals surface area (Å²) in [6, 6.07) is 6.21. The number of halogens is 3. The quantitative estimate of drug-likeness (QED) is 0.566. The molecule has 1 rings (SSSR count). The molecule has 0 aromatic heterocycles. The SMILES string of the molecule is CSOCCOc1ccccc1OCC(F)(F)F. The van der Waals surface area contributed by atoms with Crippen LogP contribution in [-0.4, -0.2) is 32.3 Å².